The smallest absolute Gasteiger partial charge is 0.0653 e. The quantitative estimate of drug-likeness (QED) is 0.688. The van der Waals surface area contributed by atoms with Gasteiger partial charge in [-0.15, -0.1) is 0 Å². The summed E-state index contributed by atoms with van der Waals surface area (Å²) < 4.78 is 0. The molecule has 0 heterocycles. The summed E-state index contributed by atoms with van der Waals surface area (Å²) in [6.45, 7) is 4.32. The molecule has 0 aromatic heterocycles. The van der Waals surface area contributed by atoms with Crippen LogP contribution >= 0.6 is 34.8 Å². The fourth-order valence-corrected chi connectivity index (χ4v) is 2.18. The van der Waals surface area contributed by atoms with Crippen molar-refractivity contribution in [3.8, 4) is 0 Å². The largest absolute Gasteiger partial charge is 0.381 e. The number of anilines is 1. The van der Waals surface area contributed by atoms with Gasteiger partial charge in [0, 0.05) is 6.04 Å². The van der Waals surface area contributed by atoms with Crippen molar-refractivity contribution in [3.05, 3.63) is 27.2 Å². The van der Waals surface area contributed by atoms with Gasteiger partial charge in [0.15, 0.2) is 0 Å². The maximum atomic E-state index is 6.10. The van der Waals surface area contributed by atoms with E-state index in [1.165, 1.54) is 0 Å². The molecule has 4 heteroatoms. The van der Waals surface area contributed by atoms with Crippen LogP contribution in [0.4, 0.5) is 5.69 Å². The fourth-order valence-electron chi connectivity index (χ4n) is 1.58. The highest BCUT2D eigenvalue weighted by Gasteiger charge is 2.10. The number of halogens is 3. The molecule has 1 nitrogen and oxygen atoms in total. The molecular weight excluding hydrogens is 264 g/mol. The van der Waals surface area contributed by atoms with Crippen LogP contribution in [-0.4, -0.2) is 6.04 Å². The maximum absolute atomic E-state index is 6.10. The molecule has 0 fully saturated rings. The van der Waals surface area contributed by atoms with Crippen LogP contribution in [0, 0.1) is 0 Å². The van der Waals surface area contributed by atoms with Crippen LogP contribution in [0.5, 0.6) is 0 Å². The normalized spacial score (nSPS) is 12.6. The minimum absolute atomic E-state index is 0.430. The van der Waals surface area contributed by atoms with Crippen molar-refractivity contribution < 1.29 is 0 Å². The van der Waals surface area contributed by atoms with E-state index in [2.05, 4.69) is 19.2 Å². The standard InChI is InChI=1S/C12H16Cl3N/c1-3-5-8(4-2)16-12-7-10(14)9(13)6-11(12)15/h6-8,16H,3-5H2,1-2H3. The number of rotatable bonds is 5. The van der Waals surface area contributed by atoms with E-state index >= 15 is 0 Å². The zero-order valence-corrected chi connectivity index (χ0v) is 11.8. The maximum Gasteiger partial charge on any atom is 0.0653 e. The molecule has 1 unspecified atom stereocenters. The first-order valence-electron chi connectivity index (χ1n) is 5.49. The van der Waals surface area contributed by atoms with Crippen molar-refractivity contribution in [3.63, 3.8) is 0 Å². The Labute approximate surface area is 112 Å². The number of hydrogen-bond donors (Lipinski definition) is 1. The van der Waals surface area contributed by atoms with Crippen LogP contribution in [0.15, 0.2) is 12.1 Å². The molecule has 1 atom stereocenters. The summed E-state index contributed by atoms with van der Waals surface area (Å²) >= 11 is 17.9. The van der Waals surface area contributed by atoms with Crippen molar-refractivity contribution in [2.45, 2.75) is 39.2 Å². The first-order valence-corrected chi connectivity index (χ1v) is 6.62. The summed E-state index contributed by atoms with van der Waals surface area (Å²) in [5.74, 6) is 0. The lowest BCUT2D eigenvalue weighted by Gasteiger charge is -2.18. The Morgan fingerprint density at radius 2 is 1.69 bits per heavy atom. The third kappa shape index (κ3) is 3.73. The molecule has 1 N–H and O–H groups in total. The van der Waals surface area contributed by atoms with E-state index in [4.69, 9.17) is 34.8 Å². The predicted octanol–water partition coefficient (Wildman–Crippen LogP) is 5.64. The van der Waals surface area contributed by atoms with Gasteiger partial charge >= 0.3 is 0 Å². The van der Waals surface area contributed by atoms with Crippen LogP contribution in [0.25, 0.3) is 0 Å². The lowest BCUT2D eigenvalue weighted by molar-refractivity contribution is 0.623. The molecule has 0 aliphatic rings. The van der Waals surface area contributed by atoms with E-state index in [-0.39, 0.29) is 0 Å². The van der Waals surface area contributed by atoms with Crippen molar-refractivity contribution in [2.75, 3.05) is 5.32 Å². The average Bonchev–Trinajstić information content (AvgIpc) is 2.25. The molecule has 16 heavy (non-hydrogen) atoms. The molecule has 0 radical (unpaired) electrons. The summed E-state index contributed by atoms with van der Waals surface area (Å²) in [7, 11) is 0. The number of hydrogen-bond acceptors (Lipinski definition) is 1. The first kappa shape index (κ1) is 14.0. The van der Waals surface area contributed by atoms with Crippen molar-refractivity contribution in [1.82, 2.24) is 0 Å². The van der Waals surface area contributed by atoms with Crippen LogP contribution in [-0.2, 0) is 0 Å². The Morgan fingerprint density at radius 3 is 2.25 bits per heavy atom. The van der Waals surface area contributed by atoms with Gasteiger partial charge in [-0.25, -0.2) is 0 Å². The second-order valence-corrected chi connectivity index (χ2v) is 5.01. The van der Waals surface area contributed by atoms with Gasteiger partial charge in [0.1, 0.15) is 0 Å². The van der Waals surface area contributed by atoms with E-state index in [9.17, 15) is 0 Å². The monoisotopic (exact) mass is 279 g/mol. The topological polar surface area (TPSA) is 12.0 Å². The molecule has 0 bridgehead atoms. The molecule has 1 aromatic rings. The van der Waals surface area contributed by atoms with Gasteiger partial charge in [-0.3, -0.25) is 0 Å². The van der Waals surface area contributed by atoms with Crippen LogP contribution < -0.4 is 5.32 Å². The molecule has 0 aliphatic heterocycles. The van der Waals surface area contributed by atoms with Gasteiger partial charge in [-0.05, 0) is 25.0 Å². The SMILES string of the molecule is CCCC(CC)Nc1cc(Cl)c(Cl)cc1Cl. The van der Waals surface area contributed by atoms with Gasteiger partial charge < -0.3 is 5.32 Å². The lowest BCUT2D eigenvalue weighted by atomic mass is 10.1. The van der Waals surface area contributed by atoms with Crippen molar-refractivity contribution in [1.29, 1.82) is 0 Å². The molecule has 0 aliphatic carbocycles. The zero-order chi connectivity index (χ0) is 12.1. The van der Waals surface area contributed by atoms with E-state index in [1.54, 1.807) is 12.1 Å². The first-order chi connectivity index (χ1) is 7.58. The summed E-state index contributed by atoms with van der Waals surface area (Å²) in [5.41, 5.74) is 0.858. The summed E-state index contributed by atoms with van der Waals surface area (Å²) in [4.78, 5) is 0. The highest BCUT2D eigenvalue weighted by Crippen LogP contribution is 2.33. The Balaban J connectivity index is 2.83. The van der Waals surface area contributed by atoms with Crippen LogP contribution in [0.1, 0.15) is 33.1 Å². The van der Waals surface area contributed by atoms with Gasteiger partial charge in [0.2, 0.25) is 0 Å². The molecular formula is C12H16Cl3N. The molecule has 0 amide bonds. The molecule has 1 aromatic carbocycles. The third-order valence-corrected chi connectivity index (χ3v) is 3.53. The Bertz CT molecular complexity index is 352. The minimum Gasteiger partial charge on any atom is -0.381 e. The van der Waals surface area contributed by atoms with Crippen molar-refractivity contribution in [2.24, 2.45) is 0 Å². The van der Waals surface area contributed by atoms with E-state index < -0.39 is 0 Å². The molecule has 0 spiro atoms. The van der Waals surface area contributed by atoms with Gasteiger partial charge in [0.25, 0.3) is 0 Å². The van der Waals surface area contributed by atoms with E-state index in [0.717, 1.165) is 24.9 Å². The Morgan fingerprint density at radius 1 is 1.06 bits per heavy atom. The molecule has 1 rings (SSSR count). The lowest BCUT2D eigenvalue weighted by Crippen LogP contribution is -2.18. The van der Waals surface area contributed by atoms with Crippen molar-refractivity contribution >= 4 is 40.5 Å². The number of nitrogens with one attached hydrogen (secondary N) is 1. The summed E-state index contributed by atoms with van der Waals surface area (Å²) in [5, 5.41) is 5.02. The van der Waals surface area contributed by atoms with Crippen LogP contribution in [0.3, 0.4) is 0 Å². The second-order valence-electron chi connectivity index (χ2n) is 3.78. The third-order valence-electron chi connectivity index (χ3n) is 2.50. The fraction of sp³-hybridized carbons (Fsp3) is 0.500. The second kappa shape index (κ2) is 6.58. The zero-order valence-electron chi connectivity index (χ0n) is 9.49. The van der Waals surface area contributed by atoms with Crippen LogP contribution in [0.2, 0.25) is 15.1 Å². The Hall–Kier alpha value is -0.110. The molecule has 0 saturated heterocycles. The molecule has 90 valence electrons. The minimum atomic E-state index is 0.430. The van der Waals surface area contributed by atoms with E-state index in [1.807, 2.05) is 0 Å². The van der Waals surface area contributed by atoms with Gasteiger partial charge in [-0.1, -0.05) is 55.1 Å². The van der Waals surface area contributed by atoms with Gasteiger partial charge in [0.05, 0.1) is 20.8 Å². The molecule has 0 saturated carbocycles. The summed E-state index contributed by atoms with van der Waals surface area (Å²) in [6.07, 6.45) is 3.32. The highest BCUT2D eigenvalue weighted by molar-refractivity contribution is 6.44. The average molecular weight is 281 g/mol. The predicted molar refractivity (Wildman–Crippen MR) is 74.1 cm³/mol. The number of benzene rings is 1. The highest BCUT2D eigenvalue weighted by atomic mass is 35.5. The van der Waals surface area contributed by atoms with E-state index in [0.29, 0.717) is 21.1 Å². The Kier molecular flexibility index (Phi) is 5.74. The van der Waals surface area contributed by atoms with Gasteiger partial charge in [-0.2, -0.15) is 0 Å². The summed E-state index contributed by atoms with van der Waals surface area (Å²) in [6, 6.07) is 3.89.